The summed E-state index contributed by atoms with van der Waals surface area (Å²) in [5, 5.41) is 0.363. The second-order valence-electron chi connectivity index (χ2n) is 5.34. The van der Waals surface area contributed by atoms with Crippen LogP contribution in [0.1, 0.15) is 72.1 Å². The molecule has 0 fully saturated rings. The van der Waals surface area contributed by atoms with Gasteiger partial charge in [0.05, 0.1) is 0 Å². The number of hydrogen-bond donors (Lipinski definition) is 0. The summed E-state index contributed by atoms with van der Waals surface area (Å²) in [7, 11) is -1.45. The van der Waals surface area contributed by atoms with E-state index in [1.165, 1.54) is 24.6 Å². The first-order chi connectivity index (χ1) is 10.2. The summed E-state index contributed by atoms with van der Waals surface area (Å²) in [5.74, 6) is 0.952. The second kappa shape index (κ2) is 16.5. The maximum Gasteiger partial charge on any atom is 0.321 e. The molecule has 0 bridgehead atoms. The molecule has 126 valence electrons. The molecule has 0 spiro atoms. The SMILES string of the molecule is CCCCCC(=O)SCCCC[SiH](OCCC)OCCC. The molecule has 0 aliphatic carbocycles. The third kappa shape index (κ3) is 14.8. The van der Waals surface area contributed by atoms with Gasteiger partial charge in [-0.15, -0.1) is 0 Å². The Balaban J connectivity index is 3.57. The molecule has 0 heterocycles. The number of rotatable bonds is 15. The molecular weight excluding hydrogens is 300 g/mol. The van der Waals surface area contributed by atoms with E-state index in [4.69, 9.17) is 8.85 Å². The van der Waals surface area contributed by atoms with Crippen LogP contribution in [0.3, 0.4) is 0 Å². The summed E-state index contributed by atoms with van der Waals surface area (Å²) in [5.41, 5.74) is 0. The third-order valence-electron chi connectivity index (χ3n) is 3.10. The quantitative estimate of drug-likeness (QED) is 0.322. The van der Waals surface area contributed by atoms with Gasteiger partial charge < -0.3 is 8.85 Å². The fraction of sp³-hybridized carbons (Fsp3) is 0.938. The van der Waals surface area contributed by atoms with Crippen LogP contribution >= 0.6 is 11.8 Å². The molecule has 0 rings (SSSR count). The van der Waals surface area contributed by atoms with Gasteiger partial charge in [-0.2, -0.15) is 0 Å². The topological polar surface area (TPSA) is 35.5 Å². The number of thioether (sulfide) groups is 1. The first kappa shape index (κ1) is 21.2. The lowest BCUT2D eigenvalue weighted by Crippen LogP contribution is -2.23. The lowest BCUT2D eigenvalue weighted by molar-refractivity contribution is -0.111. The highest BCUT2D eigenvalue weighted by Gasteiger charge is 2.12. The van der Waals surface area contributed by atoms with E-state index in [1.807, 2.05) is 0 Å². The predicted octanol–water partition coefficient (Wildman–Crippen LogP) is 4.68. The Morgan fingerprint density at radius 2 is 1.57 bits per heavy atom. The summed E-state index contributed by atoms with van der Waals surface area (Å²) in [6, 6.07) is 1.07. The molecule has 0 saturated heterocycles. The smallest absolute Gasteiger partial charge is 0.321 e. The first-order valence-electron chi connectivity index (χ1n) is 8.63. The summed E-state index contributed by atoms with van der Waals surface area (Å²) < 4.78 is 11.7. The van der Waals surface area contributed by atoms with Crippen LogP contribution in [0.4, 0.5) is 0 Å². The van der Waals surface area contributed by atoms with Gasteiger partial charge in [0.2, 0.25) is 0 Å². The van der Waals surface area contributed by atoms with Gasteiger partial charge >= 0.3 is 9.28 Å². The van der Waals surface area contributed by atoms with Crippen LogP contribution in [0.2, 0.25) is 6.04 Å². The fourth-order valence-corrected chi connectivity index (χ4v) is 4.82. The van der Waals surface area contributed by atoms with Gasteiger partial charge in [0.25, 0.3) is 0 Å². The molecule has 0 aromatic rings. The monoisotopic (exact) mass is 334 g/mol. The van der Waals surface area contributed by atoms with Gasteiger partial charge in [0, 0.05) is 25.4 Å². The van der Waals surface area contributed by atoms with Gasteiger partial charge in [-0.3, -0.25) is 4.79 Å². The Hall–Kier alpha value is 0.157. The lowest BCUT2D eigenvalue weighted by atomic mass is 10.2. The minimum Gasteiger partial charge on any atom is -0.397 e. The van der Waals surface area contributed by atoms with Gasteiger partial charge in [-0.1, -0.05) is 51.8 Å². The van der Waals surface area contributed by atoms with Crippen molar-refractivity contribution in [3.63, 3.8) is 0 Å². The van der Waals surface area contributed by atoms with Crippen molar-refractivity contribution in [2.45, 2.75) is 78.2 Å². The Labute approximate surface area is 137 Å². The number of carbonyl (C=O) groups excluding carboxylic acids is 1. The average Bonchev–Trinajstić information content (AvgIpc) is 2.49. The molecule has 0 unspecified atom stereocenters. The Bertz CT molecular complexity index is 232. The summed E-state index contributed by atoms with van der Waals surface area (Å²) in [4.78, 5) is 11.6. The highest BCUT2D eigenvalue weighted by molar-refractivity contribution is 8.13. The van der Waals surface area contributed by atoms with Crippen molar-refractivity contribution in [2.24, 2.45) is 0 Å². The molecule has 0 amide bonds. The van der Waals surface area contributed by atoms with E-state index in [1.54, 1.807) is 0 Å². The van der Waals surface area contributed by atoms with Crippen LogP contribution in [0.25, 0.3) is 0 Å². The van der Waals surface area contributed by atoms with Crippen molar-refractivity contribution < 1.29 is 13.6 Å². The van der Waals surface area contributed by atoms with Crippen molar-refractivity contribution in [3.05, 3.63) is 0 Å². The number of carbonyl (C=O) groups is 1. The molecule has 0 aromatic heterocycles. The third-order valence-corrected chi connectivity index (χ3v) is 6.21. The normalized spacial score (nSPS) is 11.2. The maximum absolute atomic E-state index is 11.6. The average molecular weight is 335 g/mol. The molecule has 5 heteroatoms. The highest BCUT2D eigenvalue weighted by Crippen LogP contribution is 2.14. The van der Waals surface area contributed by atoms with Crippen LogP contribution in [0.15, 0.2) is 0 Å². The fourth-order valence-electron chi connectivity index (χ4n) is 1.90. The van der Waals surface area contributed by atoms with Crippen molar-refractivity contribution in [3.8, 4) is 0 Å². The Kier molecular flexibility index (Phi) is 16.6. The number of hydrogen-bond acceptors (Lipinski definition) is 4. The van der Waals surface area contributed by atoms with E-state index in [-0.39, 0.29) is 0 Å². The first-order valence-corrected chi connectivity index (χ1v) is 11.4. The Morgan fingerprint density at radius 1 is 0.905 bits per heavy atom. The van der Waals surface area contributed by atoms with Crippen LogP contribution in [0.5, 0.6) is 0 Å². The summed E-state index contributed by atoms with van der Waals surface area (Å²) >= 11 is 1.51. The highest BCUT2D eigenvalue weighted by atomic mass is 32.2. The van der Waals surface area contributed by atoms with E-state index >= 15 is 0 Å². The second-order valence-corrected chi connectivity index (χ2v) is 8.60. The van der Waals surface area contributed by atoms with Crippen molar-refractivity contribution in [2.75, 3.05) is 19.0 Å². The molecular formula is C16H34O3SSi. The van der Waals surface area contributed by atoms with Crippen LogP contribution in [0, 0.1) is 0 Å². The molecule has 0 aliphatic heterocycles. The van der Waals surface area contributed by atoms with Crippen molar-refractivity contribution >= 4 is 26.2 Å². The van der Waals surface area contributed by atoms with Crippen molar-refractivity contribution in [1.82, 2.24) is 0 Å². The lowest BCUT2D eigenvalue weighted by Gasteiger charge is -2.15. The zero-order valence-corrected chi connectivity index (χ0v) is 16.2. The molecule has 3 nitrogen and oxygen atoms in total. The van der Waals surface area contributed by atoms with Gasteiger partial charge in [-0.05, 0) is 31.7 Å². The van der Waals surface area contributed by atoms with Crippen molar-refractivity contribution in [1.29, 1.82) is 0 Å². The van der Waals surface area contributed by atoms with Crippen LogP contribution < -0.4 is 0 Å². The van der Waals surface area contributed by atoms with Gasteiger partial charge in [0.1, 0.15) is 0 Å². The summed E-state index contributed by atoms with van der Waals surface area (Å²) in [6.07, 6.45) is 8.48. The van der Waals surface area contributed by atoms with Gasteiger partial charge in [-0.25, -0.2) is 0 Å². The van der Waals surface area contributed by atoms with Gasteiger partial charge in [0.15, 0.2) is 5.12 Å². The molecule has 21 heavy (non-hydrogen) atoms. The van der Waals surface area contributed by atoms with E-state index in [2.05, 4.69) is 20.8 Å². The molecule has 0 N–H and O–H groups in total. The molecule has 0 radical (unpaired) electrons. The van der Waals surface area contributed by atoms with E-state index in [9.17, 15) is 4.79 Å². The Morgan fingerprint density at radius 3 is 2.14 bits per heavy atom. The van der Waals surface area contributed by atoms with Crippen LogP contribution in [-0.2, 0) is 13.6 Å². The minimum atomic E-state index is -1.45. The van der Waals surface area contributed by atoms with Crippen LogP contribution in [-0.4, -0.2) is 33.4 Å². The molecule has 0 aromatic carbocycles. The number of unbranched alkanes of at least 4 members (excludes halogenated alkanes) is 3. The van der Waals surface area contributed by atoms with E-state index in [0.717, 1.165) is 63.5 Å². The molecule has 0 atom stereocenters. The zero-order valence-electron chi connectivity index (χ0n) is 14.2. The summed E-state index contributed by atoms with van der Waals surface area (Å²) in [6.45, 7) is 8.08. The molecule has 0 saturated carbocycles. The standard InChI is InChI=1S/C16H34O3SSi/c1-4-7-8-11-16(17)20-14-9-10-15-21(18-12-5-2)19-13-6-3/h21H,4-15H2,1-3H3. The maximum atomic E-state index is 11.6. The predicted molar refractivity (Wildman–Crippen MR) is 95.3 cm³/mol. The van der Waals surface area contributed by atoms with E-state index in [0.29, 0.717) is 5.12 Å². The zero-order chi connectivity index (χ0) is 15.8. The van der Waals surface area contributed by atoms with E-state index < -0.39 is 9.28 Å². The molecule has 0 aliphatic rings. The minimum absolute atomic E-state index is 0.363. The largest absolute Gasteiger partial charge is 0.397 e.